The van der Waals surface area contributed by atoms with Crippen molar-refractivity contribution in [1.82, 2.24) is 0 Å². The molecule has 0 spiro atoms. The molecule has 0 unspecified atom stereocenters. The van der Waals surface area contributed by atoms with Crippen molar-refractivity contribution >= 4 is 88.0 Å². The lowest BCUT2D eigenvalue weighted by Gasteiger charge is -2.29. The van der Waals surface area contributed by atoms with E-state index in [1.54, 1.807) is 0 Å². The molecule has 0 fully saturated rings. The van der Waals surface area contributed by atoms with Gasteiger partial charge in [0, 0.05) is 33.9 Å². The van der Waals surface area contributed by atoms with Crippen LogP contribution in [0.5, 0.6) is 0 Å². The third-order valence-corrected chi connectivity index (χ3v) is 16.2. The third kappa shape index (κ3) is 8.30. The first-order valence-corrected chi connectivity index (χ1v) is 27.6. The average Bonchev–Trinajstić information content (AvgIpc) is 3.66. The summed E-state index contributed by atoms with van der Waals surface area (Å²) in [6.45, 7) is 0. The summed E-state index contributed by atoms with van der Waals surface area (Å²) in [6, 6.07) is 116. The van der Waals surface area contributed by atoms with E-state index in [-0.39, 0.29) is 0 Å². The van der Waals surface area contributed by atoms with E-state index in [2.05, 4.69) is 325 Å². The Morgan fingerprint density at radius 1 is 0.175 bits per heavy atom. The summed E-state index contributed by atoms with van der Waals surface area (Å²) in [6.07, 6.45) is 0. The van der Waals surface area contributed by atoms with Crippen LogP contribution in [0.2, 0.25) is 0 Å². The molecule has 0 saturated heterocycles. The molecule has 15 rings (SSSR count). The summed E-state index contributed by atoms with van der Waals surface area (Å²) >= 11 is 0. The molecule has 0 heterocycles. The smallest absolute Gasteiger partial charge is 0.0540 e. The Hall–Kier alpha value is -10.5. The molecule has 0 bridgehead atoms. The largest absolute Gasteiger partial charge is 0.310 e. The highest BCUT2D eigenvalue weighted by molar-refractivity contribution is 6.27. The van der Waals surface area contributed by atoms with E-state index in [4.69, 9.17) is 0 Å². The van der Waals surface area contributed by atoms with E-state index in [1.165, 1.54) is 109 Å². The molecule has 0 aliphatic carbocycles. The molecule has 0 aliphatic rings. The lowest BCUT2D eigenvalue weighted by Crippen LogP contribution is -2.11. The molecule has 2 heteroatoms. The number of para-hydroxylation sites is 1. The maximum atomic E-state index is 2.43. The molecule has 0 aliphatic heterocycles. The van der Waals surface area contributed by atoms with Gasteiger partial charge in [0.2, 0.25) is 0 Å². The number of hydrogen-bond donors (Lipinski definition) is 0. The SMILES string of the molecule is c1ccc(-c2ccc(N(c3ccc(-c4ccc5ccc6c(-c7ccc(N(c8ccc9ccccc9c8)c8ccccc8-c8ccccc8)cc7)ccc7ccc4c5c76)cc3)c3ccc4ccccc4c3)c(-c3ccccc3)c2)cc1. The Morgan fingerprint density at radius 3 is 1.05 bits per heavy atom. The zero-order valence-corrected chi connectivity index (χ0v) is 43.9. The van der Waals surface area contributed by atoms with Crippen molar-refractivity contribution in [2.24, 2.45) is 0 Å². The number of hydrogen-bond acceptors (Lipinski definition) is 2. The van der Waals surface area contributed by atoms with Gasteiger partial charge >= 0.3 is 0 Å². The molecule has 2 nitrogen and oxygen atoms in total. The van der Waals surface area contributed by atoms with Crippen LogP contribution in [0.15, 0.2) is 315 Å². The molecule has 374 valence electrons. The molecular formula is C78H52N2. The van der Waals surface area contributed by atoms with Gasteiger partial charge in [-0.15, -0.1) is 0 Å². The molecule has 0 amide bonds. The number of anilines is 6. The van der Waals surface area contributed by atoms with Crippen LogP contribution in [0, 0.1) is 0 Å². The van der Waals surface area contributed by atoms with Gasteiger partial charge in [-0.1, -0.05) is 249 Å². The number of benzene rings is 15. The van der Waals surface area contributed by atoms with Crippen LogP contribution in [-0.2, 0) is 0 Å². The van der Waals surface area contributed by atoms with Crippen molar-refractivity contribution in [3.63, 3.8) is 0 Å². The van der Waals surface area contributed by atoms with Gasteiger partial charge in [0.15, 0.2) is 0 Å². The van der Waals surface area contributed by atoms with Crippen LogP contribution in [0.1, 0.15) is 0 Å². The normalized spacial score (nSPS) is 11.5. The molecule has 0 radical (unpaired) electrons. The fraction of sp³-hybridized carbons (Fsp3) is 0. The van der Waals surface area contributed by atoms with Gasteiger partial charge in [-0.2, -0.15) is 0 Å². The molecular weight excluding hydrogens is 965 g/mol. The predicted octanol–water partition coefficient (Wildman–Crippen LogP) is 22.2. The zero-order valence-electron chi connectivity index (χ0n) is 43.9. The minimum atomic E-state index is 1.09. The highest BCUT2D eigenvalue weighted by atomic mass is 15.1. The third-order valence-electron chi connectivity index (χ3n) is 16.2. The zero-order chi connectivity index (χ0) is 52.9. The summed E-state index contributed by atoms with van der Waals surface area (Å²) < 4.78 is 0. The van der Waals surface area contributed by atoms with Crippen molar-refractivity contribution in [3.05, 3.63) is 315 Å². The highest BCUT2D eigenvalue weighted by Gasteiger charge is 2.22. The first-order chi connectivity index (χ1) is 39.7. The first kappa shape index (κ1) is 46.7. The molecule has 15 aromatic rings. The number of rotatable bonds is 11. The Labute approximate surface area is 466 Å². The van der Waals surface area contributed by atoms with Crippen LogP contribution in [0.25, 0.3) is 109 Å². The van der Waals surface area contributed by atoms with Crippen molar-refractivity contribution in [2.75, 3.05) is 9.80 Å². The standard InChI is InChI=1S/C78H52N2/c1-4-16-53(17-5-1)64-38-49-76(74(52-64)57-22-8-3-9-23-57)80(68-44-29-55-19-11-13-25-63(55)51-68)66-41-32-59(33-42-66)70-46-35-61-36-47-72-69(45-34-60-37-48-73(70)78(61)77(60)72)58-30-39-65(40-31-58)79(67-43-28-54-18-10-12-24-62(54)50-67)75-27-15-14-26-71(75)56-20-6-2-7-21-56/h1-52H. The Morgan fingerprint density at radius 2 is 0.537 bits per heavy atom. The molecule has 15 aromatic carbocycles. The van der Waals surface area contributed by atoms with Crippen molar-refractivity contribution in [2.45, 2.75) is 0 Å². The molecule has 0 aromatic heterocycles. The monoisotopic (exact) mass is 1020 g/mol. The fourth-order valence-corrected chi connectivity index (χ4v) is 12.3. The molecule has 80 heavy (non-hydrogen) atoms. The number of nitrogens with zero attached hydrogens (tertiary/aromatic N) is 2. The second-order valence-corrected chi connectivity index (χ2v) is 20.8. The van der Waals surface area contributed by atoms with Crippen molar-refractivity contribution in [3.8, 4) is 55.6 Å². The maximum Gasteiger partial charge on any atom is 0.0540 e. The second kappa shape index (κ2) is 19.8. The lowest BCUT2D eigenvalue weighted by atomic mass is 9.87. The van der Waals surface area contributed by atoms with Crippen LogP contribution in [0.4, 0.5) is 34.1 Å². The van der Waals surface area contributed by atoms with Gasteiger partial charge < -0.3 is 9.80 Å². The summed E-state index contributed by atoms with van der Waals surface area (Å²) in [5.41, 5.74) is 18.5. The van der Waals surface area contributed by atoms with Crippen LogP contribution < -0.4 is 9.80 Å². The van der Waals surface area contributed by atoms with Gasteiger partial charge in [-0.05, 0) is 165 Å². The Kier molecular flexibility index (Phi) is 11.6. The van der Waals surface area contributed by atoms with Gasteiger partial charge in [0.25, 0.3) is 0 Å². The van der Waals surface area contributed by atoms with Crippen LogP contribution in [0.3, 0.4) is 0 Å². The van der Waals surface area contributed by atoms with E-state index in [0.717, 1.165) is 34.1 Å². The van der Waals surface area contributed by atoms with Crippen LogP contribution in [-0.4, -0.2) is 0 Å². The minimum absolute atomic E-state index is 1.09. The first-order valence-electron chi connectivity index (χ1n) is 27.6. The molecule has 0 saturated carbocycles. The van der Waals surface area contributed by atoms with Crippen molar-refractivity contribution in [1.29, 1.82) is 0 Å². The van der Waals surface area contributed by atoms with E-state index in [1.807, 2.05) is 0 Å². The fourth-order valence-electron chi connectivity index (χ4n) is 12.3. The van der Waals surface area contributed by atoms with Crippen molar-refractivity contribution < 1.29 is 0 Å². The average molecular weight is 1020 g/mol. The van der Waals surface area contributed by atoms with E-state index >= 15 is 0 Å². The van der Waals surface area contributed by atoms with Gasteiger partial charge in [-0.3, -0.25) is 0 Å². The van der Waals surface area contributed by atoms with E-state index in [9.17, 15) is 0 Å². The van der Waals surface area contributed by atoms with Crippen LogP contribution >= 0.6 is 0 Å². The summed E-state index contributed by atoms with van der Waals surface area (Å²) in [4.78, 5) is 4.83. The predicted molar refractivity (Wildman–Crippen MR) is 342 cm³/mol. The summed E-state index contributed by atoms with van der Waals surface area (Å²) in [7, 11) is 0. The second-order valence-electron chi connectivity index (χ2n) is 20.8. The van der Waals surface area contributed by atoms with Gasteiger partial charge in [0.1, 0.15) is 0 Å². The minimum Gasteiger partial charge on any atom is -0.310 e. The quantitative estimate of drug-likeness (QED) is 0.119. The Balaban J connectivity index is 0.822. The molecule has 0 atom stereocenters. The van der Waals surface area contributed by atoms with Gasteiger partial charge in [0.05, 0.1) is 11.4 Å². The van der Waals surface area contributed by atoms with E-state index < -0.39 is 0 Å². The van der Waals surface area contributed by atoms with E-state index in [0.29, 0.717) is 0 Å². The topological polar surface area (TPSA) is 6.48 Å². The molecule has 0 N–H and O–H groups in total. The van der Waals surface area contributed by atoms with Gasteiger partial charge in [-0.25, -0.2) is 0 Å². The summed E-state index contributed by atoms with van der Waals surface area (Å²) in [5.74, 6) is 0. The summed E-state index contributed by atoms with van der Waals surface area (Å²) in [5, 5.41) is 12.4. The highest BCUT2D eigenvalue weighted by Crippen LogP contribution is 2.47. The lowest BCUT2D eigenvalue weighted by molar-refractivity contribution is 1.29. The Bertz CT molecular complexity index is 4740. The maximum absolute atomic E-state index is 2.43. The number of fused-ring (bicyclic) bond motifs is 2.